The number of hydrogen-bond acceptors (Lipinski definition) is 8. The summed E-state index contributed by atoms with van der Waals surface area (Å²) in [7, 11) is 1.64. The molecular weight excluding hydrogens is 504 g/mol. The molecule has 7 nitrogen and oxygen atoms in total. The first-order valence-electron chi connectivity index (χ1n) is 11.9. The Morgan fingerprint density at radius 2 is 2.09 bits per heavy atom. The van der Waals surface area contributed by atoms with E-state index in [2.05, 4.69) is 27.8 Å². The molecule has 2 N–H and O–H groups in total. The van der Waals surface area contributed by atoms with Gasteiger partial charge in [-0.3, -0.25) is 4.79 Å². The average molecular weight is 537 g/mol. The van der Waals surface area contributed by atoms with Gasteiger partial charge in [0.05, 0.1) is 23.2 Å². The molecule has 0 aliphatic carbocycles. The number of aromatic nitrogens is 3. The third kappa shape index (κ3) is 7.22. The predicted molar refractivity (Wildman–Crippen MR) is 143 cm³/mol. The zero-order valence-electron chi connectivity index (χ0n) is 20.2. The minimum absolute atomic E-state index is 0. The number of anilines is 1. The van der Waals surface area contributed by atoms with Crippen LogP contribution in [0.25, 0.3) is 0 Å². The molecule has 1 aliphatic heterocycles. The second-order valence-corrected chi connectivity index (χ2v) is 10.8. The van der Waals surface area contributed by atoms with Crippen LogP contribution in [0, 0.1) is 5.92 Å². The maximum Gasteiger partial charge on any atom is 0.307 e. The summed E-state index contributed by atoms with van der Waals surface area (Å²) in [5.41, 5.74) is 3.40. The van der Waals surface area contributed by atoms with Crippen molar-refractivity contribution in [2.24, 2.45) is 5.92 Å². The normalized spacial score (nSPS) is 14.5. The van der Waals surface area contributed by atoms with Gasteiger partial charge in [-0.05, 0) is 56.6 Å². The molecular formula is C25H33ClN4O3S2. The maximum absolute atomic E-state index is 12.0. The number of fused-ring (bicyclic) bond motifs is 1. The van der Waals surface area contributed by atoms with Crippen LogP contribution in [0.3, 0.4) is 0 Å². The number of methoxy groups -OCH3 is 1. The highest BCUT2D eigenvalue weighted by atomic mass is 35.5. The van der Waals surface area contributed by atoms with Crippen molar-refractivity contribution in [3.63, 3.8) is 0 Å². The summed E-state index contributed by atoms with van der Waals surface area (Å²) in [5.74, 6) is -0.332. The predicted octanol–water partition coefficient (Wildman–Crippen LogP) is 5.53. The van der Waals surface area contributed by atoms with Crippen molar-refractivity contribution < 1.29 is 14.6 Å². The number of aryl methyl sites for hydroxylation is 3. The van der Waals surface area contributed by atoms with Crippen LogP contribution in [0.5, 0.6) is 0 Å². The van der Waals surface area contributed by atoms with Crippen molar-refractivity contribution in [2.45, 2.75) is 64.4 Å². The van der Waals surface area contributed by atoms with E-state index in [1.54, 1.807) is 18.4 Å². The Hall–Kier alpha value is -2.07. The summed E-state index contributed by atoms with van der Waals surface area (Å²) in [6, 6.07) is 4.35. The maximum atomic E-state index is 12.0. The van der Waals surface area contributed by atoms with E-state index in [9.17, 15) is 9.90 Å². The number of ether oxygens (including phenoxy) is 1. The van der Waals surface area contributed by atoms with E-state index in [0.29, 0.717) is 19.4 Å². The van der Waals surface area contributed by atoms with Crippen molar-refractivity contribution in [3.8, 4) is 0 Å². The number of thiazole rings is 2. The van der Waals surface area contributed by atoms with Crippen molar-refractivity contribution in [2.75, 3.05) is 19.0 Å². The fraction of sp³-hybridized carbons (Fsp3) is 0.520. The molecule has 0 fully saturated rings. The largest absolute Gasteiger partial charge is 0.481 e. The van der Waals surface area contributed by atoms with Crippen LogP contribution >= 0.6 is 35.1 Å². The molecule has 0 saturated heterocycles. The Bertz CT molecular complexity index is 1100. The first-order valence-corrected chi connectivity index (χ1v) is 13.6. The molecule has 3 aromatic heterocycles. The highest BCUT2D eigenvalue weighted by molar-refractivity contribution is 7.11. The van der Waals surface area contributed by atoms with E-state index < -0.39 is 11.9 Å². The average Bonchev–Trinajstić information content (AvgIpc) is 3.48. The molecule has 0 spiro atoms. The number of carbonyl (C=O) groups is 1. The van der Waals surface area contributed by atoms with E-state index in [-0.39, 0.29) is 18.3 Å². The highest BCUT2D eigenvalue weighted by Gasteiger charge is 2.30. The zero-order chi connectivity index (χ0) is 23.9. The quantitative estimate of drug-likeness (QED) is 0.314. The molecule has 35 heavy (non-hydrogen) atoms. The van der Waals surface area contributed by atoms with Crippen LogP contribution in [-0.4, -0.2) is 39.7 Å². The fourth-order valence-corrected chi connectivity index (χ4v) is 6.38. The van der Waals surface area contributed by atoms with Crippen LogP contribution in [-0.2, 0) is 41.8 Å². The zero-order valence-corrected chi connectivity index (χ0v) is 22.6. The van der Waals surface area contributed by atoms with E-state index in [1.807, 2.05) is 13.1 Å². The van der Waals surface area contributed by atoms with Crippen LogP contribution in [0.15, 0.2) is 23.7 Å². The Kier molecular flexibility index (Phi) is 10.5. The van der Waals surface area contributed by atoms with E-state index >= 15 is 0 Å². The first kappa shape index (κ1) is 27.5. The van der Waals surface area contributed by atoms with Gasteiger partial charge in [-0.1, -0.05) is 13.0 Å². The second-order valence-electron chi connectivity index (χ2n) is 8.68. The highest BCUT2D eigenvalue weighted by Crippen LogP contribution is 2.35. The number of carboxylic acid groups (broad SMARTS) is 1. The number of aliphatic carboxylic acids is 1. The van der Waals surface area contributed by atoms with Crippen LogP contribution in [0.1, 0.15) is 63.9 Å². The number of hydrogen-bond donors (Lipinski definition) is 2. The van der Waals surface area contributed by atoms with Crippen LogP contribution < -0.4 is 5.32 Å². The Labute approximate surface area is 220 Å². The SMILES string of the molecule is CCC(C(=O)O)C(Cc1csc(CCCc2ccc3c(n2)NCCC3)n1)c1cnc(COC)s1.Cl. The van der Waals surface area contributed by atoms with Gasteiger partial charge in [0.2, 0.25) is 0 Å². The number of halogens is 1. The number of nitrogens with one attached hydrogen (secondary N) is 1. The third-order valence-electron chi connectivity index (χ3n) is 6.25. The van der Waals surface area contributed by atoms with Crippen LogP contribution in [0.2, 0.25) is 0 Å². The number of nitrogens with zero attached hydrogens (tertiary/aromatic N) is 3. The smallest absolute Gasteiger partial charge is 0.307 e. The van der Waals surface area contributed by atoms with Gasteiger partial charge in [0.15, 0.2) is 0 Å². The summed E-state index contributed by atoms with van der Waals surface area (Å²) in [6.45, 7) is 3.37. The number of rotatable bonds is 12. The lowest BCUT2D eigenvalue weighted by Gasteiger charge is -2.20. The number of carboxylic acids is 1. The topological polar surface area (TPSA) is 97.2 Å². The van der Waals surface area contributed by atoms with Gasteiger partial charge in [-0.25, -0.2) is 15.0 Å². The van der Waals surface area contributed by atoms with E-state index in [1.165, 1.54) is 23.3 Å². The molecule has 190 valence electrons. The summed E-state index contributed by atoms with van der Waals surface area (Å²) in [4.78, 5) is 27.0. The molecule has 4 heterocycles. The van der Waals surface area contributed by atoms with E-state index in [0.717, 1.165) is 64.3 Å². The molecule has 2 unspecified atom stereocenters. The minimum atomic E-state index is -0.767. The lowest BCUT2D eigenvalue weighted by molar-refractivity contribution is -0.142. The lowest BCUT2D eigenvalue weighted by atomic mass is 9.85. The molecule has 3 aromatic rings. The molecule has 0 saturated carbocycles. The lowest BCUT2D eigenvalue weighted by Crippen LogP contribution is -2.22. The van der Waals surface area contributed by atoms with Gasteiger partial charge in [0, 0.05) is 41.7 Å². The molecule has 1 aliphatic rings. The summed E-state index contributed by atoms with van der Waals surface area (Å²) in [6.07, 6.45) is 8.07. The van der Waals surface area contributed by atoms with Gasteiger partial charge in [0.25, 0.3) is 0 Å². The fourth-order valence-electron chi connectivity index (χ4n) is 4.47. The molecule has 10 heteroatoms. The summed E-state index contributed by atoms with van der Waals surface area (Å²) < 4.78 is 5.19. The van der Waals surface area contributed by atoms with Gasteiger partial charge < -0.3 is 15.2 Å². The Morgan fingerprint density at radius 3 is 2.86 bits per heavy atom. The van der Waals surface area contributed by atoms with E-state index in [4.69, 9.17) is 14.7 Å². The molecule has 0 amide bonds. The van der Waals surface area contributed by atoms with Gasteiger partial charge in [-0.2, -0.15) is 0 Å². The minimum Gasteiger partial charge on any atom is -0.481 e. The monoisotopic (exact) mass is 536 g/mol. The molecule has 0 aromatic carbocycles. The third-order valence-corrected chi connectivity index (χ3v) is 8.31. The summed E-state index contributed by atoms with van der Waals surface area (Å²) in [5, 5.41) is 17.3. The molecule has 0 radical (unpaired) electrons. The van der Waals surface area contributed by atoms with Crippen molar-refractivity contribution in [1.82, 2.24) is 15.0 Å². The second kappa shape index (κ2) is 13.3. The van der Waals surface area contributed by atoms with Crippen molar-refractivity contribution in [1.29, 1.82) is 0 Å². The molecule has 4 rings (SSSR count). The Balaban J connectivity index is 0.00000342. The number of pyridine rings is 1. The van der Waals surface area contributed by atoms with Gasteiger partial charge >= 0.3 is 5.97 Å². The molecule has 0 bridgehead atoms. The first-order chi connectivity index (χ1) is 16.6. The van der Waals surface area contributed by atoms with Crippen molar-refractivity contribution >= 4 is 46.9 Å². The van der Waals surface area contributed by atoms with Gasteiger partial charge in [-0.15, -0.1) is 35.1 Å². The van der Waals surface area contributed by atoms with Crippen molar-refractivity contribution in [3.05, 3.63) is 55.6 Å². The van der Waals surface area contributed by atoms with Crippen LogP contribution in [0.4, 0.5) is 5.82 Å². The summed E-state index contributed by atoms with van der Waals surface area (Å²) >= 11 is 3.20. The standard InChI is InChI=1S/C25H32N4O3S2.ClH/c1-3-19(25(30)31)20(21-13-27-23(34-21)14-32-2)12-18-15-33-22(28-18)8-4-7-17-10-9-16-6-5-11-26-24(16)29-17;/h9-10,13,15,19-20H,3-8,11-12,14H2,1-2H3,(H,26,29)(H,30,31);1H. The van der Waals surface area contributed by atoms with Gasteiger partial charge in [0.1, 0.15) is 10.8 Å². The Morgan fingerprint density at radius 1 is 1.23 bits per heavy atom. The molecule has 2 atom stereocenters.